The van der Waals surface area contributed by atoms with Crippen LogP contribution >= 0.6 is 0 Å². The van der Waals surface area contributed by atoms with Crippen LogP contribution in [0.1, 0.15) is 39.0 Å². The van der Waals surface area contributed by atoms with E-state index in [0.29, 0.717) is 13.0 Å². The topological polar surface area (TPSA) is 39.2 Å². The highest BCUT2D eigenvalue weighted by Gasteiger charge is 2.27. The summed E-state index contributed by atoms with van der Waals surface area (Å²) >= 11 is 0. The van der Waals surface area contributed by atoms with E-state index in [4.69, 9.17) is 4.74 Å². The molecule has 0 fully saturated rings. The van der Waals surface area contributed by atoms with Crippen molar-refractivity contribution in [3.05, 3.63) is 29.6 Å². The Morgan fingerprint density at radius 3 is 2.53 bits per heavy atom. The van der Waals surface area contributed by atoms with Crippen LogP contribution in [0.4, 0.5) is 0 Å². The van der Waals surface area contributed by atoms with E-state index in [1.54, 1.807) is 13.8 Å². The first-order chi connectivity index (χ1) is 7.99. The van der Waals surface area contributed by atoms with E-state index in [-0.39, 0.29) is 5.78 Å². The summed E-state index contributed by atoms with van der Waals surface area (Å²) in [6.45, 7) is 8.13. The summed E-state index contributed by atoms with van der Waals surface area (Å²) in [6.07, 6.45) is 3.12. The first-order valence-electron chi connectivity index (χ1n) is 6.10. The van der Waals surface area contributed by atoms with Crippen molar-refractivity contribution in [1.82, 2.24) is 4.98 Å². The molecule has 0 aliphatic heterocycles. The lowest BCUT2D eigenvalue weighted by Crippen LogP contribution is -2.36. The van der Waals surface area contributed by atoms with Gasteiger partial charge in [-0.1, -0.05) is 13.0 Å². The maximum atomic E-state index is 12.0. The fraction of sp³-hybridized carbons (Fsp3) is 0.571. The Balaban J connectivity index is 2.67. The molecule has 94 valence electrons. The normalized spacial score (nSPS) is 11.5. The van der Waals surface area contributed by atoms with Crippen LogP contribution in [0.2, 0.25) is 0 Å². The van der Waals surface area contributed by atoms with E-state index in [2.05, 4.69) is 11.9 Å². The number of ketones is 1. The summed E-state index contributed by atoms with van der Waals surface area (Å²) in [4.78, 5) is 16.3. The Kier molecular flexibility index (Phi) is 4.82. The van der Waals surface area contributed by atoms with Crippen LogP contribution in [0.5, 0.6) is 0 Å². The molecular weight excluding hydrogens is 214 g/mol. The van der Waals surface area contributed by atoms with Crippen molar-refractivity contribution >= 4 is 5.78 Å². The molecule has 0 radical (unpaired) electrons. The lowest BCUT2D eigenvalue weighted by Gasteiger charge is -2.22. The predicted octanol–water partition coefficient (Wildman–Crippen LogP) is 2.57. The van der Waals surface area contributed by atoms with Crippen molar-refractivity contribution in [3.63, 3.8) is 0 Å². The van der Waals surface area contributed by atoms with Gasteiger partial charge in [-0.15, -0.1) is 0 Å². The van der Waals surface area contributed by atoms with Gasteiger partial charge in [0.25, 0.3) is 0 Å². The smallest absolute Gasteiger partial charge is 0.169 e. The lowest BCUT2D eigenvalue weighted by atomic mass is 9.99. The van der Waals surface area contributed by atoms with Crippen LogP contribution in [0.15, 0.2) is 18.3 Å². The molecule has 0 bridgehead atoms. The van der Waals surface area contributed by atoms with Crippen LogP contribution in [-0.2, 0) is 22.4 Å². The number of carbonyl (C=O) groups is 1. The molecule has 0 spiro atoms. The Bertz CT molecular complexity index is 368. The highest BCUT2D eigenvalue weighted by Crippen LogP contribution is 2.13. The van der Waals surface area contributed by atoms with Gasteiger partial charge in [-0.25, -0.2) is 0 Å². The summed E-state index contributed by atoms with van der Waals surface area (Å²) in [5.41, 5.74) is 1.27. The minimum Gasteiger partial charge on any atom is -0.368 e. The van der Waals surface area contributed by atoms with E-state index < -0.39 is 5.60 Å². The molecule has 17 heavy (non-hydrogen) atoms. The average molecular weight is 235 g/mol. The number of nitrogens with zero attached hydrogens (tertiary/aromatic N) is 1. The first-order valence-corrected chi connectivity index (χ1v) is 6.10. The van der Waals surface area contributed by atoms with Gasteiger partial charge in [0, 0.05) is 18.5 Å². The zero-order chi connectivity index (χ0) is 12.9. The molecule has 0 aromatic carbocycles. The molecule has 0 atom stereocenters. The van der Waals surface area contributed by atoms with Gasteiger partial charge in [0.2, 0.25) is 0 Å². The molecule has 3 heteroatoms. The van der Waals surface area contributed by atoms with Crippen molar-refractivity contribution < 1.29 is 9.53 Å². The summed E-state index contributed by atoms with van der Waals surface area (Å²) in [7, 11) is 0. The van der Waals surface area contributed by atoms with Crippen LogP contribution in [-0.4, -0.2) is 23.0 Å². The number of aryl methyl sites for hydroxylation is 1. The number of pyridine rings is 1. The van der Waals surface area contributed by atoms with E-state index in [1.165, 1.54) is 5.56 Å². The van der Waals surface area contributed by atoms with E-state index in [0.717, 1.165) is 12.1 Å². The van der Waals surface area contributed by atoms with Crippen LogP contribution in [0, 0.1) is 0 Å². The number of hydrogen-bond acceptors (Lipinski definition) is 3. The van der Waals surface area contributed by atoms with Crippen LogP contribution in [0.25, 0.3) is 0 Å². The van der Waals surface area contributed by atoms with Crippen molar-refractivity contribution in [2.45, 2.75) is 46.1 Å². The molecule has 1 aromatic heterocycles. The second-order valence-corrected chi connectivity index (χ2v) is 4.55. The van der Waals surface area contributed by atoms with E-state index in [9.17, 15) is 4.79 Å². The fourth-order valence-corrected chi connectivity index (χ4v) is 1.59. The molecule has 3 nitrogen and oxygen atoms in total. The van der Waals surface area contributed by atoms with Crippen LogP contribution < -0.4 is 0 Å². The van der Waals surface area contributed by atoms with Gasteiger partial charge in [-0.05, 0) is 38.8 Å². The van der Waals surface area contributed by atoms with Crippen LogP contribution in [0.3, 0.4) is 0 Å². The van der Waals surface area contributed by atoms with E-state index >= 15 is 0 Å². The predicted molar refractivity (Wildman–Crippen MR) is 68.0 cm³/mol. The molecular formula is C14H21NO2. The molecule has 0 N–H and O–H groups in total. The molecule has 0 unspecified atom stereocenters. The van der Waals surface area contributed by atoms with Crippen molar-refractivity contribution in [3.8, 4) is 0 Å². The second-order valence-electron chi connectivity index (χ2n) is 4.55. The Morgan fingerprint density at radius 1 is 1.35 bits per heavy atom. The third-order valence-electron chi connectivity index (χ3n) is 2.81. The Morgan fingerprint density at radius 2 is 2.06 bits per heavy atom. The number of Topliss-reactive ketones (excluding diaryl/α,β-unsaturated/α-hetero) is 1. The molecule has 0 aliphatic rings. The van der Waals surface area contributed by atoms with Gasteiger partial charge in [0.1, 0.15) is 5.60 Å². The highest BCUT2D eigenvalue weighted by atomic mass is 16.5. The lowest BCUT2D eigenvalue weighted by molar-refractivity contribution is -0.139. The summed E-state index contributed by atoms with van der Waals surface area (Å²) in [6, 6.07) is 3.93. The minimum absolute atomic E-state index is 0.0658. The van der Waals surface area contributed by atoms with Gasteiger partial charge in [-0.2, -0.15) is 0 Å². The quantitative estimate of drug-likeness (QED) is 0.760. The summed E-state index contributed by atoms with van der Waals surface area (Å²) in [5, 5.41) is 0. The molecule has 1 aromatic rings. The van der Waals surface area contributed by atoms with Gasteiger partial charge in [-0.3, -0.25) is 9.78 Å². The maximum absolute atomic E-state index is 12.0. The average Bonchev–Trinajstić information content (AvgIpc) is 2.30. The molecule has 1 rings (SSSR count). The number of hydrogen-bond donors (Lipinski definition) is 0. The van der Waals surface area contributed by atoms with Gasteiger partial charge >= 0.3 is 0 Å². The number of carbonyl (C=O) groups excluding carboxylic acids is 1. The summed E-state index contributed by atoms with van der Waals surface area (Å²) < 4.78 is 5.43. The van der Waals surface area contributed by atoms with Gasteiger partial charge in [0.15, 0.2) is 5.78 Å². The first kappa shape index (κ1) is 13.8. The third kappa shape index (κ3) is 3.93. The van der Waals surface area contributed by atoms with Crippen molar-refractivity contribution in [2.24, 2.45) is 0 Å². The zero-order valence-electron chi connectivity index (χ0n) is 11.1. The SMILES string of the molecule is CCOC(C)(C)C(=O)Cc1ccc(CC)cn1. The molecule has 1 heterocycles. The standard InChI is InChI=1S/C14H21NO2/c1-5-11-7-8-12(15-10-11)9-13(16)14(3,4)17-6-2/h7-8,10H,5-6,9H2,1-4H3. The minimum atomic E-state index is -0.722. The second kappa shape index (κ2) is 5.92. The Labute approximate surface area is 103 Å². The summed E-state index contributed by atoms with van der Waals surface area (Å²) in [5.74, 6) is 0.0658. The number of aromatic nitrogens is 1. The van der Waals surface area contributed by atoms with E-state index in [1.807, 2.05) is 25.3 Å². The Hall–Kier alpha value is -1.22. The van der Waals surface area contributed by atoms with Crippen molar-refractivity contribution in [2.75, 3.05) is 6.61 Å². The molecule has 0 saturated carbocycles. The third-order valence-corrected chi connectivity index (χ3v) is 2.81. The number of rotatable bonds is 6. The number of ether oxygens (including phenoxy) is 1. The van der Waals surface area contributed by atoms with Gasteiger partial charge in [0.05, 0.1) is 6.42 Å². The maximum Gasteiger partial charge on any atom is 0.169 e. The molecule has 0 aliphatic carbocycles. The van der Waals surface area contributed by atoms with Gasteiger partial charge < -0.3 is 4.74 Å². The van der Waals surface area contributed by atoms with Crippen molar-refractivity contribution in [1.29, 1.82) is 0 Å². The largest absolute Gasteiger partial charge is 0.368 e. The monoisotopic (exact) mass is 235 g/mol. The molecule has 0 amide bonds. The fourth-order valence-electron chi connectivity index (χ4n) is 1.59. The zero-order valence-corrected chi connectivity index (χ0v) is 11.1. The molecule has 0 saturated heterocycles. The highest BCUT2D eigenvalue weighted by molar-refractivity contribution is 5.88.